The van der Waals surface area contributed by atoms with Crippen molar-refractivity contribution in [1.29, 1.82) is 0 Å². The molecule has 8 N–H and O–H groups in total. The molecule has 6 atom stereocenters. The third-order valence-corrected chi connectivity index (χ3v) is 8.49. The summed E-state index contributed by atoms with van der Waals surface area (Å²) in [4.78, 5) is 53.2. The van der Waals surface area contributed by atoms with Crippen molar-refractivity contribution in [3.8, 4) is 0 Å². The number of hydrogen-bond acceptors (Lipinski definition) is 5. The summed E-state index contributed by atoms with van der Waals surface area (Å²) in [7, 11) is 9.59. The molecular formula is C34H54Cl2MnN11O5-5. The first kappa shape index (κ1) is 46.4. The van der Waals surface area contributed by atoms with Crippen molar-refractivity contribution >= 4 is 55.5 Å². The average Bonchev–Trinajstić information content (AvgIpc) is 3.11. The maximum absolute atomic E-state index is 12.8. The second kappa shape index (κ2) is 26.9. The molecule has 301 valence electrons. The van der Waals surface area contributed by atoms with Gasteiger partial charge in [-0.2, -0.15) is 62.9 Å². The van der Waals surface area contributed by atoms with Gasteiger partial charge in [-0.15, -0.1) is 0 Å². The summed E-state index contributed by atoms with van der Waals surface area (Å²) in [5.74, 6) is -2.91. The Bertz CT molecular complexity index is 1300. The van der Waals surface area contributed by atoms with E-state index in [0.717, 1.165) is 32.2 Å². The van der Waals surface area contributed by atoms with Crippen LogP contribution >= 0.6 is 20.2 Å². The van der Waals surface area contributed by atoms with Gasteiger partial charge in [-0.25, -0.2) is 4.99 Å². The van der Waals surface area contributed by atoms with E-state index in [1.807, 2.05) is 0 Å². The molecule has 1 saturated heterocycles. The predicted octanol–water partition coefficient (Wildman–Crippen LogP) is 4.28. The van der Waals surface area contributed by atoms with Crippen LogP contribution in [0.1, 0.15) is 75.6 Å². The van der Waals surface area contributed by atoms with Gasteiger partial charge in [0.05, 0.1) is 18.7 Å². The number of carboxylic acids is 1. The van der Waals surface area contributed by atoms with Crippen LogP contribution in [0, 0.1) is 0 Å². The van der Waals surface area contributed by atoms with Crippen molar-refractivity contribution < 1.29 is 37.4 Å². The molecule has 1 aliphatic heterocycles. The zero-order valence-corrected chi connectivity index (χ0v) is 33.1. The zero-order valence-electron chi connectivity index (χ0n) is 30.4. The quantitative estimate of drug-likeness (QED) is 0.0728. The number of benzene rings is 1. The molecule has 0 radical (unpaired) electrons. The number of aliphatic imine (C=N–C) groups is 1. The molecule has 1 aromatic rings. The molecule has 2 unspecified atom stereocenters. The van der Waals surface area contributed by atoms with E-state index in [4.69, 9.17) is 58.2 Å². The summed E-state index contributed by atoms with van der Waals surface area (Å²) < 4.78 is 0. The third kappa shape index (κ3) is 21.1. The predicted molar refractivity (Wildman–Crippen MR) is 207 cm³/mol. The molecule has 1 aromatic carbocycles. The Hall–Kier alpha value is -2.73. The van der Waals surface area contributed by atoms with Gasteiger partial charge in [-0.05, 0) is 24.6 Å². The second-order valence-electron chi connectivity index (χ2n) is 13.1. The van der Waals surface area contributed by atoms with Gasteiger partial charge in [-0.1, -0.05) is 52.0 Å². The minimum atomic E-state index is -1.17. The fourth-order valence-corrected chi connectivity index (χ4v) is 5.92. The van der Waals surface area contributed by atoms with Gasteiger partial charge in [0.25, 0.3) is 5.91 Å². The Balaban J connectivity index is 0.00000313. The topological polar surface area (TPSA) is 260 Å². The Kier molecular flexibility index (Phi) is 23.6. The summed E-state index contributed by atoms with van der Waals surface area (Å²) in [6.07, 6.45) is 5.10. The number of amides is 3. The number of carbonyl (C=O) groups is 4. The summed E-state index contributed by atoms with van der Waals surface area (Å²) in [5.41, 5.74) is 11.4. The number of rotatable bonds is 13. The van der Waals surface area contributed by atoms with Crippen LogP contribution in [-0.2, 0) is 27.5 Å². The number of carbonyl (C=O) groups excluding carboxylic acids is 3. The third-order valence-electron chi connectivity index (χ3n) is 8.49. The van der Waals surface area contributed by atoms with Crippen LogP contribution in [-0.4, -0.2) is 117 Å². The standard InChI is InChI=1S/C34H54N11O5.2ClH.Mn/c1-22-18-40-23(2)19-41-26(20-42-29-11-4-3-10-28(29)38-14-13-37-22)9-6-12-39-30(46)16-27(17-32(48)49)44-31(47)21-43-33(50)24-7-5-8-25(15-24)45-34(35)36;;;/h5,7-8,15,22-23,26-29H,3-4,6,9-14,16-21H2,1-2H3,(H,39,46)(H,43,50)(H,44,47)(H,48,49)(H4,35,36,45);2*1H;/q-5;;;+2/p-2/t22-,23-,26?,27?,28+,29-;;;/m0.../s1. The van der Waals surface area contributed by atoms with Crippen LogP contribution in [0.2, 0.25) is 0 Å². The monoisotopic (exact) mass is 821 g/mol. The Labute approximate surface area is 327 Å². The SMILES string of the molecule is C[C@H]1C[N-]C(CCCNC(=O)CC(CC(=O)O)NC(=O)CNC(=O)c2cccc(N=C(N)N)c2)C[N-][C@H]2CCCC[C@H]2[N-]CC[N-][C@@H](C)C[N-]1.[Cl][Mn][Cl]. The van der Waals surface area contributed by atoms with Gasteiger partial charge < -0.3 is 59.1 Å². The Morgan fingerprint density at radius 3 is 2.26 bits per heavy atom. The van der Waals surface area contributed by atoms with Gasteiger partial charge in [0, 0.05) is 24.6 Å². The molecule has 19 heteroatoms. The van der Waals surface area contributed by atoms with Crippen molar-refractivity contribution in [3.05, 3.63) is 56.4 Å². The minimum absolute atomic E-state index is 0.00694. The number of hydrogen-bond donors (Lipinski definition) is 6. The van der Waals surface area contributed by atoms with Crippen molar-refractivity contribution in [3.63, 3.8) is 0 Å². The van der Waals surface area contributed by atoms with Crippen molar-refractivity contribution in [2.45, 2.75) is 101 Å². The summed E-state index contributed by atoms with van der Waals surface area (Å²) in [5, 5.41) is 41.6. The molecule has 2 fully saturated rings. The number of fused-ring (bicyclic) bond motifs is 1. The van der Waals surface area contributed by atoms with Gasteiger partial charge in [0.1, 0.15) is 0 Å². The number of nitrogens with two attached hydrogens (primary N) is 2. The van der Waals surface area contributed by atoms with E-state index < -0.39 is 36.8 Å². The first-order valence-electron chi connectivity index (χ1n) is 17.9. The molecule has 1 saturated carbocycles. The van der Waals surface area contributed by atoms with Crippen LogP contribution in [0.4, 0.5) is 5.69 Å². The number of nitrogens with one attached hydrogen (secondary N) is 3. The molecular weight excluding hydrogens is 768 g/mol. The molecule has 3 amide bonds. The summed E-state index contributed by atoms with van der Waals surface area (Å²) in [6.45, 7) is 7.38. The van der Waals surface area contributed by atoms with Crippen molar-refractivity contribution in [2.24, 2.45) is 16.5 Å². The van der Waals surface area contributed by atoms with Crippen LogP contribution in [0.3, 0.4) is 0 Å². The van der Waals surface area contributed by atoms with E-state index in [1.54, 1.807) is 12.1 Å². The number of guanidine groups is 1. The molecule has 1 aliphatic carbocycles. The van der Waals surface area contributed by atoms with Gasteiger partial charge in [0.2, 0.25) is 11.8 Å². The van der Waals surface area contributed by atoms with Gasteiger partial charge >= 0.3 is 39.3 Å². The fourth-order valence-electron chi connectivity index (χ4n) is 5.92. The van der Waals surface area contributed by atoms with E-state index in [0.29, 0.717) is 44.8 Å². The van der Waals surface area contributed by atoms with Crippen LogP contribution in [0.5, 0.6) is 0 Å². The van der Waals surface area contributed by atoms with Crippen molar-refractivity contribution in [2.75, 3.05) is 45.8 Å². The molecule has 2 aliphatic rings. The van der Waals surface area contributed by atoms with Crippen LogP contribution in [0.25, 0.3) is 26.6 Å². The molecule has 16 nitrogen and oxygen atoms in total. The van der Waals surface area contributed by atoms with Gasteiger partial charge in [-0.3, -0.25) is 19.2 Å². The van der Waals surface area contributed by atoms with E-state index in [2.05, 4.69) is 34.8 Å². The normalized spacial score (nSPS) is 23.2. The van der Waals surface area contributed by atoms with E-state index in [1.165, 1.54) is 18.6 Å². The molecule has 53 heavy (non-hydrogen) atoms. The van der Waals surface area contributed by atoms with Crippen LogP contribution < -0.4 is 27.4 Å². The van der Waals surface area contributed by atoms with E-state index in [-0.39, 0.29) is 67.2 Å². The number of carboxylic acid groups (broad SMARTS) is 1. The number of halogens is 2. The molecule has 3 rings (SSSR count). The number of nitrogens with zero attached hydrogens (tertiary/aromatic N) is 6. The molecule has 0 spiro atoms. The Morgan fingerprint density at radius 1 is 0.906 bits per heavy atom. The van der Waals surface area contributed by atoms with Gasteiger partial charge in [0.15, 0.2) is 5.96 Å². The van der Waals surface area contributed by atoms with E-state index >= 15 is 0 Å². The number of aliphatic carboxylic acids is 1. The zero-order chi connectivity index (χ0) is 39.0. The molecule has 1 heterocycles. The summed E-state index contributed by atoms with van der Waals surface area (Å²) in [6, 6.07) is 5.85. The van der Waals surface area contributed by atoms with Crippen LogP contribution in [0.15, 0.2) is 29.3 Å². The fraction of sp³-hybridized carbons (Fsp3) is 0.676. The van der Waals surface area contributed by atoms with Crippen molar-refractivity contribution in [1.82, 2.24) is 16.0 Å². The molecule has 0 aromatic heterocycles. The first-order valence-corrected chi connectivity index (χ1v) is 21.1. The Morgan fingerprint density at radius 2 is 1.57 bits per heavy atom. The first-order chi connectivity index (χ1) is 25.4. The maximum atomic E-state index is 12.8. The average molecular weight is 823 g/mol. The molecule has 0 bridgehead atoms. The second-order valence-corrected chi connectivity index (χ2v) is 15.0. The summed E-state index contributed by atoms with van der Waals surface area (Å²) >= 11 is 0.00694. The van der Waals surface area contributed by atoms with E-state index in [9.17, 15) is 24.3 Å².